The van der Waals surface area contributed by atoms with Gasteiger partial charge in [-0.25, -0.2) is 12.8 Å². The predicted octanol–water partition coefficient (Wildman–Crippen LogP) is 2.23. The lowest BCUT2D eigenvalue weighted by molar-refractivity contribution is 0.1000. The molecule has 0 bridgehead atoms. The minimum Gasteiger partial charge on any atom is -0.366 e. The number of fused-ring (bicyclic) bond motifs is 1. The van der Waals surface area contributed by atoms with Crippen LogP contribution >= 0.6 is 0 Å². The zero-order chi connectivity index (χ0) is 19.2. The molecule has 0 aliphatic heterocycles. The minimum absolute atomic E-state index is 0.0306. The fourth-order valence-electron chi connectivity index (χ4n) is 2.54. The number of rotatable bonds is 4. The van der Waals surface area contributed by atoms with E-state index in [4.69, 9.17) is 5.73 Å². The number of halogens is 1. The largest absolute Gasteiger partial charge is 0.366 e. The first-order chi connectivity index (χ1) is 12.1. The van der Waals surface area contributed by atoms with Crippen LogP contribution in [0.5, 0.6) is 0 Å². The maximum Gasteiger partial charge on any atom is 0.256 e. The number of aromatic nitrogens is 3. The lowest BCUT2D eigenvalue weighted by Crippen LogP contribution is -2.23. The van der Waals surface area contributed by atoms with Crippen molar-refractivity contribution in [1.29, 1.82) is 0 Å². The van der Waals surface area contributed by atoms with Crippen LogP contribution in [0.25, 0.3) is 22.2 Å². The molecule has 0 saturated heterocycles. The summed E-state index contributed by atoms with van der Waals surface area (Å²) in [7, 11) is -3.63. The van der Waals surface area contributed by atoms with Crippen LogP contribution in [0.3, 0.4) is 0 Å². The zero-order valence-corrected chi connectivity index (χ0v) is 15.2. The first-order valence-corrected chi connectivity index (χ1v) is 9.31. The Balaban J connectivity index is 2.20. The molecule has 1 aromatic carbocycles. The van der Waals surface area contributed by atoms with Crippen LogP contribution in [0.15, 0.2) is 30.6 Å². The van der Waals surface area contributed by atoms with Crippen molar-refractivity contribution in [2.24, 2.45) is 5.73 Å². The van der Waals surface area contributed by atoms with Crippen molar-refractivity contribution in [2.45, 2.75) is 26.0 Å². The smallest absolute Gasteiger partial charge is 0.256 e. The molecule has 9 heteroatoms. The van der Waals surface area contributed by atoms with Gasteiger partial charge >= 0.3 is 0 Å². The van der Waals surface area contributed by atoms with E-state index in [-0.39, 0.29) is 5.56 Å². The molecule has 26 heavy (non-hydrogen) atoms. The molecule has 136 valence electrons. The SMILES string of the molecule is Cc1c(F)cc(C(N)=O)cc1-c1cc2cnn(S(=O)(=O)C(C)C)c2cn1. The van der Waals surface area contributed by atoms with Gasteiger partial charge in [-0.2, -0.15) is 9.19 Å². The lowest BCUT2D eigenvalue weighted by atomic mass is 10.0. The number of pyridine rings is 1. The third-order valence-corrected chi connectivity index (χ3v) is 6.13. The summed E-state index contributed by atoms with van der Waals surface area (Å²) in [5.41, 5.74) is 6.70. The molecular formula is C17H17FN4O3S. The van der Waals surface area contributed by atoms with Crippen molar-refractivity contribution in [3.05, 3.63) is 47.5 Å². The summed E-state index contributed by atoms with van der Waals surface area (Å²) in [6, 6.07) is 4.14. The number of amides is 1. The second-order valence-corrected chi connectivity index (χ2v) is 8.52. The number of carbonyl (C=O) groups excluding carboxylic acids is 1. The number of nitrogens with two attached hydrogens (primary N) is 1. The molecule has 0 saturated carbocycles. The lowest BCUT2D eigenvalue weighted by Gasteiger charge is -2.10. The summed E-state index contributed by atoms with van der Waals surface area (Å²) >= 11 is 0. The Hall–Kier alpha value is -2.81. The Bertz CT molecular complexity index is 1140. The van der Waals surface area contributed by atoms with Gasteiger partial charge in [0.05, 0.1) is 23.3 Å². The third kappa shape index (κ3) is 2.84. The Labute approximate surface area is 149 Å². The van der Waals surface area contributed by atoms with E-state index in [2.05, 4.69) is 10.1 Å². The first-order valence-electron chi connectivity index (χ1n) is 7.81. The molecule has 0 atom stereocenters. The van der Waals surface area contributed by atoms with E-state index in [9.17, 15) is 17.6 Å². The van der Waals surface area contributed by atoms with Gasteiger partial charge < -0.3 is 5.73 Å². The summed E-state index contributed by atoms with van der Waals surface area (Å²) in [4.78, 5) is 15.6. The van der Waals surface area contributed by atoms with Crippen molar-refractivity contribution in [1.82, 2.24) is 14.2 Å². The Morgan fingerprint density at radius 3 is 2.54 bits per heavy atom. The zero-order valence-electron chi connectivity index (χ0n) is 14.4. The average Bonchev–Trinajstić information content (AvgIpc) is 3.00. The van der Waals surface area contributed by atoms with Gasteiger partial charge in [0.1, 0.15) is 11.3 Å². The standard InChI is InChI=1S/C17H17FN4O3S/c1-9(2)26(24,25)22-16-8-20-15(6-12(16)7-21-22)13-4-11(17(19)23)5-14(18)10(13)3/h4-9H,1-3H3,(H2,19,23). The van der Waals surface area contributed by atoms with Crippen LogP contribution in [0.1, 0.15) is 29.8 Å². The van der Waals surface area contributed by atoms with Crippen LogP contribution < -0.4 is 5.73 Å². The summed E-state index contributed by atoms with van der Waals surface area (Å²) < 4.78 is 39.8. The molecule has 3 rings (SSSR count). The summed E-state index contributed by atoms with van der Waals surface area (Å²) in [6.07, 6.45) is 2.77. The van der Waals surface area contributed by atoms with Gasteiger partial charge in [0, 0.05) is 16.5 Å². The van der Waals surface area contributed by atoms with Crippen molar-refractivity contribution < 1.29 is 17.6 Å². The van der Waals surface area contributed by atoms with Gasteiger partial charge in [0.15, 0.2) is 0 Å². The third-order valence-electron chi connectivity index (χ3n) is 4.16. The van der Waals surface area contributed by atoms with Gasteiger partial charge in [0.2, 0.25) is 5.91 Å². The summed E-state index contributed by atoms with van der Waals surface area (Å²) in [5, 5.41) is 3.84. The van der Waals surface area contributed by atoms with E-state index in [1.807, 2.05) is 0 Å². The Morgan fingerprint density at radius 1 is 1.23 bits per heavy atom. The van der Waals surface area contributed by atoms with E-state index >= 15 is 0 Å². The van der Waals surface area contributed by atoms with Crippen molar-refractivity contribution in [2.75, 3.05) is 0 Å². The highest BCUT2D eigenvalue weighted by Crippen LogP contribution is 2.28. The minimum atomic E-state index is -3.63. The van der Waals surface area contributed by atoms with Crippen molar-refractivity contribution in [3.63, 3.8) is 0 Å². The number of primary amides is 1. The second-order valence-electron chi connectivity index (χ2n) is 6.20. The highest BCUT2D eigenvalue weighted by Gasteiger charge is 2.22. The van der Waals surface area contributed by atoms with Gasteiger partial charge in [-0.3, -0.25) is 9.78 Å². The molecule has 1 amide bonds. The number of hydrogen-bond donors (Lipinski definition) is 1. The van der Waals surface area contributed by atoms with Crippen LogP contribution in [0.4, 0.5) is 4.39 Å². The molecule has 3 aromatic rings. The van der Waals surface area contributed by atoms with Crippen molar-refractivity contribution in [3.8, 4) is 11.3 Å². The van der Waals surface area contributed by atoms with Gasteiger partial charge in [-0.15, -0.1) is 0 Å². The fraction of sp³-hybridized carbons (Fsp3) is 0.235. The molecule has 0 aliphatic rings. The molecule has 0 fully saturated rings. The quantitative estimate of drug-likeness (QED) is 0.751. The normalized spacial score (nSPS) is 12.0. The maximum atomic E-state index is 14.1. The number of hydrogen-bond acceptors (Lipinski definition) is 5. The molecule has 2 N–H and O–H groups in total. The van der Waals surface area contributed by atoms with Crippen LogP contribution in [-0.2, 0) is 10.0 Å². The monoisotopic (exact) mass is 376 g/mol. The van der Waals surface area contributed by atoms with E-state index < -0.39 is 27.0 Å². The summed E-state index contributed by atoms with van der Waals surface area (Å²) in [6.45, 7) is 4.69. The summed E-state index contributed by atoms with van der Waals surface area (Å²) in [5.74, 6) is -1.32. The van der Waals surface area contributed by atoms with Crippen LogP contribution in [0, 0.1) is 12.7 Å². The highest BCUT2D eigenvalue weighted by molar-refractivity contribution is 7.90. The first kappa shape index (κ1) is 18.0. The van der Waals surface area contributed by atoms with Gasteiger partial charge in [-0.1, -0.05) is 0 Å². The number of nitrogens with zero attached hydrogens (tertiary/aromatic N) is 3. The molecule has 0 spiro atoms. The predicted molar refractivity (Wildman–Crippen MR) is 95.6 cm³/mol. The maximum absolute atomic E-state index is 14.1. The van der Waals surface area contributed by atoms with E-state index in [1.54, 1.807) is 26.8 Å². The molecule has 0 aliphatic carbocycles. The molecule has 2 heterocycles. The highest BCUT2D eigenvalue weighted by atomic mass is 32.2. The molecule has 0 radical (unpaired) electrons. The number of carbonyl (C=O) groups is 1. The van der Waals surface area contributed by atoms with Crippen LogP contribution in [0.2, 0.25) is 0 Å². The molecule has 2 aromatic heterocycles. The number of benzene rings is 1. The topological polar surface area (TPSA) is 108 Å². The Kier molecular flexibility index (Phi) is 4.27. The fourth-order valence-corrected chi connectivity index (χ4v) is 3.55. The van der Waals surface area contributed by atoms with Gasteiger partial charge in [0.25, 0.3) is 10.0 Å². The van der Waals surface area contributed by atoms with E-state index in [1.165, 1.54) is 18.5 Å². The van der Waals surface area contributed by atoms with Crippen LogP contribution in [-0.4, -0.2) is 33.7 Å². The van der Waals surface area contributed by atoms with Crippen molar-refractivity contribution >= 4 is 26.8 Å². The van der Waals surface area contributed by atoms with E-state index in [0.29, 0.717) is 27.7 Å². The van der Waals surface area contributed by atoms with Gasteiger partial charge in [-0.05, 0) is 44.5 Å². The average molecular weight is 376 g/mol. The van der Waals surface area contributed by atoms with E-state index in [0.717, 1.165) is 10.2 Å². The second kappa shape index (κ2) is 6.17. The molecule has 0 unspecified atom stereocenters. The Morgan fingerprint density at radius 2 is 1.92 bits per heavy atom. The molecule has 7 nitrogen and oxygen atoms in total. The molecular weight excluding hydrogens is 359 g/mol.